The van der Waals surface area contributed by atoms with Gasteiger partial charge in [-0.05, 0) is 30.7 Å². The van der Waals surface area contributed by atoms with Crippen LogP contribution >= 0.6 is 0 Å². The van der Waals surface area contributed by atoms with Gasteiger partial charge in [-0.25, -0.2) is 14.0 Å². The number of nitrogens with zero attached hydrogens (tertiary/aromatic N) is 2. The first-order valence-corrected chi connectivity index (χ1v) is 9.94. The minimum atomic E-state index is -2.95. The second kappa shape index (κ2) is 8.56. The highest BCUT2D eigenvalue weighted by atomic mass is 32.2. The molecule has 31 heavy (non-hydrogen) atoms. The van der Waals surface area contributed by atoms with Gasteiger partial charge in [0.25, 0.3) is 0 Å². The molecule has 162 valence electrons. The molecule has 0 saturated carbocycles. The van der Waals surface area contributed by atoms with Crippen LogP contribution in [0.5, 0.6) is 5.75 Å². The summed E-state index contributed by atoms with van der Waals surface area (Å²) >= 11 is 0. The van der Waals surface area contributed by atoms with Crippen molar-refractivity contribution in [3.8, 4) is 5.75 Å². The van der Waals surface area contributed by atoms with Crippen molar-refractivity contribution in [3.63, 3.8) is 0 Å². The molecule has 1 unspecified atom stereocenters. The molecule has 1 amide bonds. The molecular formula is C20H18FN3O6S. The molecular weight excluding hydrogens is 429 g/mol. The van der Waals surface area contributed by atoms with Gasteiger partial charge in [0.1, 0.15) is 17.4 Å². The van der Waals surface area contributed by atoms with Crippen LogP contribution in [0.1, 0.15) is 22.7 Å². The molecule has 0 saturated heterocycles. The quantitative estimate of drug-likeness (QED) is 0.480. The Kier molecular flexibility index (Phi) is 6.07. The van der Waals surface area contributed by atoms with Crippen LogP contribution in [0.15, 0.2) is 50.0 Å². The average molecular weight is 447 g/mol. The first-order chi connectivity index (χ1) is 14.6. The lowest BCUT2D eigenvalue weighted by atomic mass is 9.94. The van der Waals surface area contributed by atoms with Crippen molar-refractivity contribution in [3.05, 3.63) is 69.3 Å². The van der Waals surface area contributed by atoms with E-state index in [4.69, 9.17) is 14.9 Å². The summed E-state index contributed by atoms with van der Waals surface area (Å²) in [6.07, 6.45) is -0.621. The number of amides is 1. The summed E-state index contributed by atoms with van der Waals surface area (Å²) in [5.41, 5.74) is 4.56. The van der Waals surface area contributed by atoms with E-state index in [9.17, 15) is 22.4 Å². The molecule has 2 N–H and O–H groups in total. The summed E-state index contributed by atoms with van der Waals surface area (Å²) in [5, 5.41) is 0.431. The first-order valence-electron chi connectivity index (χ1n) is 8.90. The highest BCUT2D eigenvalue weighted by molar-refractivity contribution is 7.61. The molecule has 0 aliphatic rings. The third-order valence-corrected chi connectivity index (χ3v) is 4.95. The van der Waals surface area contributed by atoms with Gasteiger partial charge in [-0.1, -0.05) is 12.1 Å². The van der Waals surface area contributed by atoms with Crippen LogP contribution in [-0.4, -0.2) is 33.5 Å². The SMILES string of the molecule is Cc1c(C(N=S(=O)=O)c2cccc(N)c2F)c(=O)oc2cc(OC(=O)N(C)C)ccc12. The van der Waals surface area contributed by atoms with Crippen LogP contribution < -0.4 is 16.1 Å². The molecule has 0 aliphatic carbocycles. The van der Waals surface area contributed by atoms with E-state index in [1.165, 1.54) is 55.4 Å². The Morgan fingerprint density at radius 1 is 1.26 bits per heavy atom. The number of aryl methyl sites for hydroxylation is 1. The monoisotopic (exact) mass is 447 g/mol. The molecule has 0 bridgehead atoms. The van der Waals surface area contributed by atoms with E-state index in [2.05, 4.69) is 4.36 Å². The van der Waals surface area contributed by atoms with Gasteiger partial charge in [-0.15, -0.1) is 0 Å². The minimum absolute atomic E-state index is 0.102. The third-order valence-electron chi connectivity index (χ3n) is 4.57. The van der Waals surface area contributed by atoms with E-state index >= 15 is 0 Å². The van der Waals surface area contributed by atoms with Crippen molar-refractivity contribution in [2.45, 2.75) is 13.0 Å². The number of ether oxygens (including phenoxy) is 1. The summed E-state index contributed by atoms with van der Waals surface area (Å²) in [4.78, 5) is 25.8. The zero-order valence-corrected chi connectivity index (χ0v) is 17.6. The molecule has 1 heterocycles. The van der Waals surface area contributed by atoms with E-state index in [0.29, 0.717) is 10.9 Å². The topological polar surface area (TPSA) is 132 Å². The van der Waals surface area contributed by atoms with Gasteiger partial charge in [0, 0.05) is 31.1 Å². The summed E-state index contributed by atoms with van der Waals surface area (Å²) < 4.78 is 51.3. The number of rotatable bonds is 4. The summed E-state index contributed by atoms with van der Waals surface area (Å²) in [7, 11) is 0.0739. The molecule has 0 fully saturated rings. The van der Waals surface area contributed by atoms with Crippen LogP contribution in [0.25, 0.3) is 11.0 Å². The van der Waals surface area contributed by atoms with E-state index in [-0.39, 0.29) is 28.1 Å². The van der Waals surface area contributed by atoms with Crippen LogP contribution in [0.3, 0.4) is 0 Å². The Morgan fingerprint density at radius 3 is 2.61 bits per heavy atom. The van der Waals surface area contributed by atoms with E-state index in [1.807, 2.05) is 0 Å². The number of carbonyl (C=O) groups is 1. The number of hydrogen-bond donors (Lipinski definition) is 1. The number of benzene rings is 2. The maximum absolute atomic E-state index is 14.6. The second-order valence-electron chi connectivity index (χ2n) is 6.82. The first kappa shape index (κ1) is 22.0. The molecule has 2 aromatic carbocycles. The van der Waals surface area contributed by atoms with Crippen LogP contribution in [0, 0.1) is 12.7 Å². The molecule has 11 heteroatoms. The number of nitrogens with two attached hydrogens (primary N) is 1. The lowest BCUT2D eigenvalue weighted by Gasteiger charge is -2.16. The van der Waals surface area contributed by atoms with Gasteiger partial charge in [0.15, 0.2) is 5.82 Å². The van der Waals surface area contributed by atoms with Crippen molar-refractivity contribution in [2.75, 3.05) is 19.8 Å². The van der Waals surface area contributed by atoms with Gasteiger partial charge >= 0.3 is 22.2 Å². The maximum atomic E-state index is 14.6. The van der Waals surface area contributed by atoms with E-state index < -0.39 is 34.1 Å². The van der Waals surface area contributed by atoms with Gasteiger partial charge in [0.2, 0.25) is 0 Å². The fraction of sp³-hybridized carbons (Fsp3) is 0.200. The fourth-order valence-electron chi connectivity index (χ4n) is 3.05. The number of nitrogen functional groups attached to an aromatic ring is 1. The zero-order valence-electron chi connectivity index (χ0n) is 16.7. The van der Waals surface area contributed by atoms with Crippen molar-refractivity contribution in [1.82, 2.24) is 4.90 Å². The molecule has 0 radical (unpaired) electrons. The lowest BCUT2D eigenvalue weighted by Crippen LogP contribution is -2.25. The van der Waals surface area contributed by atoms with Crippen molar-refractivity contribution >= 4 is 33.3 Å². The highest BCUT2D eigenvalue weighted by Crippen LogP contribution is 2.33. The van der Waals surface area contributed by atoms with Gasteiger partial charge in [-0.2, -0.15) is 12.8 Å². The van der Waals surface area contributed by atoms with Gasteiger partial charge < -0.3 is 19.8 Å². The Balaban J connectivity index is 2.22. The Hall–Kier alpha value is -3.73. The normalized spacial score (nSPS) is 11.7. The lowest BCUT2D eigenvalue weighted by molar-refractivity contribution is 0.172. The van der Waals surface area contributed by atoms with Gasteiger partial charge in [-0.3, -0.25) is 0 Å². The minimum Gasteiger partial charge on any atom is -0.422 e. The van der Waals surface area contributed by atoms with Crippen molar-refractivity contribution in [1.29, 1.82) is 0 Å². The van der Waals surface area contributed by atoms with Crippen molar-refractivity contribution in [2.24, 2.45) is 4.36 Å². The Morgan fingerprint density at radius 2 is 1.97 bits per heavy atom. The Bertz CT molecular complexity index is 1370. The third kappa shape index (κ3) is 4.40. The molecule has 1 aromatic heterocycles. The molecule has 0 spiro atoms. The standard InChI is InChI=1S/C20H18FN3O6S/c1-10-12-8-7-11(29-20(26)24(2)3)9-15(12)30-19(25)16(10)18(23-31(27)28)13-5-4-6-14(22)17(13)21/h4-9,18H,22H2,1-3H3. The average Bonchev–Trinajstić information content (AvgIpc) is 2.68. The smallest absolute Gasteiger partial charge is 0.414 e. The van der Waals surface area contributed by atoms with Crippen LogP contribution in [0.2, 0.25) is 0 Å². The predicted octanol–water partition coefficient (Wildman–Crippen LogP) is 3.04. The maximum Gasteiger partial charge on any atom is 0.414 e. The van der Waals surface area contributed by atoms with E-state index in [0.717, 1.165) is 0 Å². The Labute approximate surface area is 177 Å². The molecule has 3 rings (SSSR count). The second-order valence-corrected chi connectivity index (χ2v) is 7.47. The summed E-state index contributed by atoms with van der Waals surface area (Å²) in [6, 6.07) is 6.90. The number of halogens is 1. The van der Waals surface area contributed by atoms with Crippen LogP contribution in [0.4, 0.5) is 14.9 Å². The summed E-state index contributed by atoms with van der Waals surface area (Å²) in [5.74, 6) is -0.739. The number of anilines is 1. The molecule has 0 aliphatic heterocycles. The molecule has 3 aromatic rings. The van der Waals surface area contributed by atoms with Crippen molar-refractivity contribution < 1.29 is 26.8 Å². The largest absolute Gasteiger partial charge is 0.422 e. The molecule has 9 nitrogen and oxygen atoms in total. The zero-order chi connectivity index (χ0) is 22.9. The molecule has 1 atom stereocenters. The highest BCUT2D eigenvalue weighted by Gasteiger charge is 2.26. The number of carbonyl (C=O) groups excluding carboxylic acids is 1. The van der Waals surface area contributed by atoms with Gasteiger partial charge in [0.05, 0.1) is 11.3 Å². The van der Waals surface area contributed by atoms with E-state index in [1.54, 1.807) is 6.92 Å². The fourth-order valence-corrected chi connectivity index (χ4v) is 3.44. The number of fused-ring (bicyclic) bond motifs is 1. The summed E-state index contributed by atoms with van der Waals surface area (Å²) in [6.45, 7) is 1.56. The predicted molar refractivity (Wildman–Crippen MR) is 111 cm³/mol. The van der Waals surface area contributed by atoms with Crippen LogP contribution in [-0.2, 0) is 10.5 Å². The number of hydrogen-bond acceptors (Lipinski definition) is 8.